The highest BCUT2D eigenvalue weighted by atomic mass is 15.2. The minimum atomic E-state index is 0.366. The highest BCUT2D eigenvalue weighted by molar-refractivity contribution is 4.87. The van der Waals surface area contributed by atoms with Gasteiger partial charge in [-0.15, -0.1) is 0 Å². The summed E-state index contributed by atoms with van der Waals surface area (Å²) in [5, 5.41) is 12.1. The van der Waals surface area contributed by atoms with Gasteiger partial charge in [0, 0.05) is 24.7 Å². The van der Waals surface area contributed by atoms with Gasteiger partial charge >= 0.3 is 0 Å². The van der Waals surface area contributed by atoms with E-state index < -0.39 is 0 Å². The molecule has 1 aliphatic carbocycles. The zero-order valence-electron chi connectivity index (χ0n) is 10.2. The zero-order chi connectivity index (χ0) is 11.3. The van der Waals surface area contributed by atoms with Crippen molar-refractivity contribution in [2.75, 3.05) is 13.6 Å². The number of nitrogens with zero attached hydrogens (tertiary/aromatic N) is 2. The molecule has 0 aromatic heterocycles. The van der Waals surface area contributed by atoms with Gasteiger partial charge < -0.3 is 5.32 Å². The smallest absolute Gasteiger partial charge is 0.0638 e. The summed E-state index contributed by atoms with van der Waals surface area (Å²) in [6.45, 7) is 5.38. The Morgan fingerprint density at radius 2 is 2.20 bits per heavy atom. The molecule has 3 nitrogen and oxygen atoms in total. The van der Waals surface area contributed by atoms with Crippen molar-refractivity contribution in [1.29, 1.82) is 5.26 Å². The predicted octanol–water partition coefficient (Wildman–Crippen LogP) is 1.75. The fourth-order valence-corrected chi connectivity index (χ4v) is 1.79. The van der Waals surface area contributed by atoms with Gasteiger partial charge in [0.05, 0.1) is 12.5 Å². The van der Waals surface area contributed by atoms with Crippen LogP contribution < -0.4 is 5.32 Å². The second kappa shape index (κ2) is 6.09. The molecule has 0 aromatic rings. The van der Waals surface area contributed by atoms with Crippen molar-refractivity contribution in [1.82, 2.24) is 10.2 Å². The van der Waals surface area contributed by atoms with Crippen LogP contribution in [-0.2, 0) is 0 Å². The number of hydrogen-bond acceptors (Lipinski definition) is 3. The lowest BCUT2D eigenvalue weighted by Crippen LogP contribution is -2.42. The number of likely N-dealkylation sites (N-methyl/N-ethyl adjacent to an activating group) is 1. The van der Waals surface area contributed by atoms with Crippen LogP contribution in [0.25, 0.3) is 0 Å². The molecule has 1 aliphatic rings. The first-order valence-corrected chi connectivity index (χ1v) is 6.01. The van der Waals surface area contributed by atoms with E-state index in [4.69, 9.17) is 5.26 Å². The maximum atomic E-state index is 8.64. The van der Waals surface area contributed by atoms with Crippen LogP contribution in [0.1, 0.15) is 39.5 Å². The molecule has 0 aromatic carbocycles. The van der Waals surface area contributed by atoms with Gasteiger partial charge in [0.1, 0.15) is 0 Å². The molecular weight excluding hydrogens is 186 g/mol. The Bertz CT molecular complexity index is 217. The molecule has 0 aliphatic heterocycles. The van der Waals surface area contributed by atoms with Gasteiger partial charge in [0.25, 0.3) is 0 Å². The molecule has 3 heteroatoms. The maximum Gasteiger partial charge on any atom is 0.0638 e. The second-order valence-electron chi connectivity index (χ2n) is 4.62. The van der Waals surface area contributed by atoms with E-state index in [1.807, 2.05) is 0 Å². The van der Waals surface area contributed by atoms with Gasteiger partial charge in [0.2, 0.25) is 0 Å². The summed E-state index contributed by atoms with van der Waals surface area (Å²) in [5.41, 5.74) is 0. The first kappa shape index (κ1) is 12.5. The molecule has 0 saturated heterocycles. The van der Waals surface area contributed by atoms with Crippen molar-refractivity contribution in [3.8, 4) is 6.07 Å². The monoisotopic (exact) mass is 209 g/mol. The Labute approximate surface area is 93.5 Å². The maximum absolute atomic E-state index is 8.64. The van der Waals surface area contributed by atoms with Crippen molar-refractivity contribution < 1.29 is 0 Å². The van der Waals surface area contributed by atoms with E-state index in [1.54, 1.807) is 0 Å². The summed E-state index contributed by atoms with van der Waals surface area (Å²) in [5.74, 6) is 0. The molecule has 86 valence electrons. The van der Waals surface area contributed by atoms with Gasteiger partial charge in [-0.2, -0.15) is 5.26 Å². The summed E-state index contributed by atoms with van der Waals surface area (Å²) in [6, 6.07) is 3.99. The second-order valence-corrected chi connectivity index (χ2v) is 4.62. The van der Waals surface area contributed by atoms with E-state index in [9.17, 15) is 0 Å². The quantitative estimate of drug-likeness (QED) is 0.694. The van der Waals surface area contributed by atoms with Crippen molar-refractivity contribution in [2.24, 2.45) is 0 Å². The fraction of sp³-hybridized carbons (Fsp3) is 0.917. The third kappa shape index (κ3) is 4.19. The third-order valence-electron chi connectivity index (χ3n) is 3.35. The molecule has 0 radical (unpaired) electrons. The molecule has 1 rings (SSSR count). The average Bonchev–Trinajstić information content (AvgIpc) is 3.06. The number of hydrogen-bond donors (Lipinski definition) is 1. The fourth-order valence-electron chi connectivity index (χ4n) is 1.79. The van der Waals surface area contributed by atoms with Crippen molar-refractivity contribution in [2.45, 2.75) is 57.7 Å². The van der Waals surface area contributed by atoms with Crippen LogP contribution in [0, 0.1) is 11.3 Å². The van der Waals surface area contributed by atoms with Gasteiger partial charge in [0.15, 0.2) is 0 Å². The molecule has 1 fully saturated rings. The molecule has 15 heavy (non-hydrogen) atoms. The summed E-state index contributed by atoms with van der Waals surface area (Å²) in [7, 11) is 2.20. The lowest BCUT2D eigenvalue weighted by molar-refractivity contribution is 0.235. The average molecular weight is 209 g/mol. The van der Waals surface area contributed by atoms with Crippen LogP contribution in [-0.4, -0.2) is 36.6 Å². The molecule has 2 unspecified atom stereocenters. The summed E-state index contributed by atoms with van der Waals surface area (Å²) >= 11 is 0. The Kier molecular flexibility index (Phi) is 5.07. The van der Waals surface area contributed by atoms with Crippen LogP contribution in [0.2, 0.25) is 0 Å². The van der Waals surface area contributed by atoms with E-state index >= 15 is 0 Å². The summed E-state index contributed by atoms with van der Waals surface area (Å²) in [4.78, 5) is 2.45. The molecule has 2 atom stereocenters. The van der Waals surface area contributed by atoms with Gasteiger partial charge in [-0.3, -0.25) is 4.90 Å². The third-order valence-corrected chi connectivity index (χ3v) is 3.35. The number of rotatable bonds is 7. The molecule has 0 amide bonds. The van der Waals surface area contributed by atoms with E-state index in [0.29, 0.717) is 18.5 Å². The predicted molar refractivity (Wildman–Crippen MR) is 62.6 cm³/mol. The summed E-state index contributed by atoms with van der Waals surface area (Å²) < 4.78 is 0. The first-order chi connectivity index (χ1) is 7.19. The van der Waals surface area contributed by atoms with E-state index in [2.05, 4.69) is 37.2 Å². The SMILES string of the molecule is CCC(CC#N)NCC(C)N(C)C1CC1. The lowest BCUT2D eigenvalue weighted by Gasteiger charge is -2.26. The van der Waals surface area contributed by atoms with Crippen LogP contribution in [0.3, 0.4) is 0 Å². The Morgan fingerprint density at radius 3 is 2.67 bits per heavy atom. The molecule has 0 heterocycles. The normalized spacial score (nSPS) is 19.9. The Morgan fingerprint density at radius 1 is 1.53 bits per heavy atom. The van der Waals surface area contributed by atoms with Crippen LogP contribution >= 0.6 is 0 Å². The Hall–Kier alpha value is -0.590. The van der Waals surface area contributed by atoms with E-state index in [-0.39, 0.29) is 0 Å². The molecule has 0 spiro atoms. The van der Waals surface area contributed by atoms with Crippen LogP contribution in [0.15, 0.2) is 0 Å². The molecular formula is C12H23N3. The topological polar surface area (TPSA) is 39.1 Å². The van der Waals surface area contributed by atoms with Gasteiger partial charge in [-0.05, 0) is 33.2 Å². The standard InChI is InChI=1S/C12H23N3/c1-4-11(7-8-13)14-9-10(2)15(3)12-5-6-12/h10-12,14H,4-7,9H2,1-3H3. The minimum Gasteiger partial charge on any atom is -0.311 e. The lowest BCUT2D eigenvalue weighted by atomic mass is 10.1. The summed E-state index contributed by atoms with van der Waals surface area (Å²) in [6.07, 6.45) is 4.37. The van der Waals surface area contributed by atoms with Crippen molar-refractivity contribution >= 4 is 0 Å². The zero-order valence-corrected chi connectivity index (χ0v) is 10.2. The van der Waals surface area contributed by atoms with Crippen molar-refractivity contribution in [3.63, 3.8) is 0 Å². The van der Waals surface area contributed by atoms with Crippen LogP contribution in [0.4, 0.5) is 0 Å². The number of nitrogens with one attached hydrogen (secondary N) is 1. The van der Waals surface area contributed by atoms with Gasteiger partial charge in [-0.1, -0.05) is 6.92 Å². The first-order valence-electron chi connectivity index (χ1n) is 6.01. The molecule has 0 bridgehead atoms. The van der Waals surface area contributed by atoms with Gasteiger partial charge in [-0.25, -0.2) is 0 Å². The largest absolute Gasteiger partial charge is 0.311 e. The van der Waals surface area contributed by atoms with Crippen molar-refractivity contribution in [3.05, 3.63) is 0 Å². The Balaban J connectivity index is 2.19. The molecule has 1 saturated carbocycles. The van der Waals surface area contributed by atoms with Crippen LogP contribution in [0.5, 0.6) is 0 Å². The number of nitriles is 1. The minimum absolute atomic E-state index is 0.366. The van der Waals surface area contributed by atoms with E-state index in [1.165, 1.54) is 12.8 Å². The highest BCUT2D eigenvalue weighted by Crippen LogP contribution is 2.26. The molecule has 1 N–H and O–H groups in total. The van der Waals surface area contributed by atoms with E-state index in [0.717, 1.165) is 19.0 Å². The highest BCUT2D eigenvalue weighted by Gasteiger charge is 2.28.